The highest BCUT2D eigenvalue weighted by atomic mass is 16.7. The number of Topliss-reactive ketones (excluding diaryl/α,β-unsaturated/α-hetero) is 1. The quantitative estimate of drug-likeness (QED) is 0.0531. The van der Waals surface area contributed by atoms with Crippen molar-refractivity contribution in [3.05, 3.63) is 93.1 Å². The molecule has 4 fully saturated rings. The standard InChI is InChI=1S/C55H64N2O15/c1-26(2)11-10-20-53(8)21-19-33-44(71-53)32(17-12-27(3)4)46-39(45(33)70-51(64)30-13-15-31(16-14-30)67-52-43(61)42(60)41(59)37(25-58)68-52)47-40-38(35(24-56)49(57)69-47)34-23-36(28(5)6)55(40,72-46)54(65,48(34)62)22-18-29(7)50(63)66-9/h11-16,18-19,21,28,34-38,41-43,52,57-61,65H,10,17,20,22-23,25H2,1-9H3/t34?,35?,36?,37-,38?,41-,42+,43-,52-,53?,54?,55?/m0/s1. The summed E-state index contributed by atoms with van der Waals surface area (Å²) >= 11 is 0. The molecule has 4 aliphatic heterocycles. The van der Waals surface area contributed by atoms with E-state index < -0.39 is 101 Å². The Labute approximate surface area is 418 Å². The number of carbonyl (C=O) groups excluding carboxylic acids is 3. The van der Waals surface area contributed by atoms with Crippen LogP contribution in [0, 0.1) is 46.3 Å². The van der Waals surface area contributed by atoms with Gasteiger partial charge in [0.25, 0.3) is 0 Å². The molecule has 12 atom stereocenters. The average Bonchev–Trinajstić information content (AvgIpc) is 3.34. The molecule has 72 heavy (non-hydrogen) atoms. The van der Waals surface area contributed by atoms with Crippen molar-refractivity contribution in [3.63, 3.8) is 0 Å². The number of esters is 2. The van der Waals surface area contributed by atoms with Gasteiger partial charge in [0.1, 0.15) is 64.5 Å². The molecule has 17 heteroatoms. The van der Waals surface area contributed by atoms with E-state index in [0.29, 0.717) is 29.7 Å². The molecule has 4 heterocycles. The maximum atomic E-state index is 15.2. The first-order valence-corrected chi connectivity index (χ1v) is 24.3. The number of aliphatic hydroxyl groups excluding tert-OH is 4. The average molecular weight is 993 g/mol. The van der Waals surface area contributed by atoms with Gasteiger partial charge in [-0.2, -0.15) is 5.26 Å². The SMILES string of the molecule is COC(=O)C(C)=CCC1(O)C(=O)C2CC(C(C)C)C13Oc1c(CC=C(C)C)c4c(c(OC(=O)c5ccc(O[C@H]6O[C@@H](CO)[C@H](O)[C@@H](O)[C@@H]6O)cc5)c1C1=C3C2C(C#N)C(=N)O1)C=CC(C)(CCC=C(C)C)O4. The van der Waals surface area contributed by atoms with Gasteiger partial charge < -0.3 is 58.7 Å². The van der Waals surface area contributed by atoms with Crippen LogP contribution in [0.5, 0.6) is 23.0 Å². The number of nitrogens with zero attached hydrogens (tertiary/aromatic N) is 1. The second kappa shape index (κ2) is 19.7. The van der Waals surface area contributed by atoms with Crippen LogP contribution in [0.4, 0.5) is 0 Å². The molecule has 2 aromatic rings. The molecule has 17 nitrogen and oxygen atoms in total. The predicted octanol–water partition coefficient (Wildman–Crippen LogP) is 6.22. The summed E-state index contributed by atoms with van der Waals surface area (Å²) < 4.78 is 44.0. The van der Waals surface area contributed by atoms with Gasteiger partial charge in [-0.05, 0) is 110 Å². The Morgan fingerprint density at radius 1 is 0.986 bits per heavy atom. The maximum Gasteiger partial charge on any atom is 0.343 e. The first-order valence-electron chi connectivity index (χ1n) is 24.3. The molecular weight excluding hydrogens is 929 g/mol. The van der Waals surface area contributed by atoms with E-state index in [2.05, 4.69) is 12.1 Å². The van der Waals surface area contributed by atoms with Crippen molar-refractivity contribution < 1.29 is 73.1 Å². The summed E-state index contributed by atoms with van der Waals surface area (Å²) in [5, 5.41) is 74.3. The highest BCUT2D eigenvalue weighted by Gasteiger charge is 2.78. The van der Waals surface area contributed by atoms with E-state index in [1.165, 1.54) is 44.4 Å². The number of fused-ring (bicyclic) bond motifs is 5. The fourth-order valence-corrected chi connectivity index (χ4v) is 11.2. The van der Waals surface area contributed by atoms with E-state index in [1.54, 1.807) is 0 Å². The molecular formula is C55H64N2O15. The molecule has 0 amide bonds. The van der Waals surface area contributed by atoms with Crippen LogP contribution in [0.15, 0.2) is 70.9 Å². The van der Waals surface area contributed by atoms with Gasteiger partial charge in [-0.25, -0.2) is 9.59 Å². The number of nitriles is 1. The lowest BCUT2D eigenvalue weighted by atomic mass is 9.43. The minimum absolute atomic E-state index is 0.00492. The number of hydrogen-bond acceptors (Lipinski definition) is 17. The molecule has 2 aromatic carbocycles. The van der Waals surface area contributed by atoms with Gasteiger partial charge in [-0.1, -0.05) is 43.2 Å². The van der Waals surface area contributed by atoms with E-state index in [0.717, 1.165) is 11.1 Å². The zero-order chi connectivity index (χ0) is 52.4. The number of carbonyl (C=O) groups is 3. The van der Waals surface area contributed by atoms with Gasteiger partial charge in [-0.15, -0.1) is 0 Å². The lowest BCUT2D eigenvalue weighted by Crippen LogP contribution is -2.79. The van der Waals surface area contributed by atoms with E-state index in [9.17, 15) is 45.8 Å². The number of aliphatic hydroxyl groups is 5. The first-order chi connectivity index (χ1) is 34.1. The maximum absolute atomic E-state index is 15.2. The largest absolute Gasteiger partial charge is 0.482 e. The molecule has 2 bridgehead atoms. The Bertz CT molecular complexity index is 2760. The number of rotatable bonds is 14. The summed E-state index contributed by atoms with van der Waals surface area (Å²) in [4.78, 5) is 42.7. The van der Waals surface area contributed by atoms with E-state index in [-0.39, 0.29) is 70.5 Å². The number of benzene rings is 2. The molecule has 384 valence electrons. The number of nitrogens with one attached hydrogen (secondary N) is 1. The van der Waals surface area contributed by atoms with Crippen LogP contribution in [-0.2, 0) is 30.2 Å². The topological polar surface area (TPSA) is 265 Å². The van der Waals surface area contributed by atoms with Gasteiger partial charge in [0, 0.05) is 40.9 Å². The van der Waals surface area contributed by atoms with Gasteiger partial charge >= 0.3 is 11.9 Å². The fraction of sp³-hybridized carbons (Fsp3) is 0.509. The minimum Gasteiger partial charge on any atom is -0.482 e. The summed E-state index contributed by atoms with van der Waals surface area (Å²) in [6, 6.07) is 7.81. The molecule has 1 saturated heterocycles. The molecule has 6 N–H and O–H groups in total. The van der Waals surface area contributed by atoms with Crippen LogP contribution in [-0.4, -0.2) is 110 Å². The highest BCUT2D eigenvalue weighted by molar-refractivity contribution is 6.03. The first kappa shape index (κ1) is 52.2. The van der Waals surface area contributed by atoms with Crippen LogP contribution in [0.2, 0.25) is 0 Å². The number of allylic oxidation sites excluding steroid dienone is 4. The molecule has 9 rings (SSSR count). The van der Waals surface area contributed by atoms with E-state index in [1.807, 2.05) is 66.7 Å². The Morgan fingerprint density at radius 2 is 1.68 bits per heavy atom. The highest BCUT2D eigenvalue weighted by Crippen LogP contribution is 2.69. The van der Waals surface area contributed by atoms with Crippen molar-refractivity contribution in [2.24, 2.45) is 29.6 Å². The minimum atomic E-state index is -2.36. The van der Waals surface area contributed by atoms with Crippen LogP contribution in [0.3, 0.4) is 0 Å². The normalized spacial score (nSPS) is 32.0. The summed E-state index contributed by atoms with van der Waals surface area (Å²) in [6.45, 7) is 14.6. The number of ether oxygens (including phenoxy) is 7. The van der Waals surface area contributed by atoms with Crippen LogP contribution in [0.25, 0.3) is 11.8 Å². The molecule has 0 aromatic heterocycles. The lowest BCUT2D eigenvalue weighted by Gasteiger charge is -2.66. The molecule has 3 saturated carbocycles. The van der Waals surface area contributed by atoms with Gasteiger partial charge in [0.15, 0.2) is 22.7 Å². The second-order valence-corrected chi connectivity index (χ2v) is 20.7. The van der Waals surface area contributed by atoms with Gasteiger partial charge in [0.2, 0.25) is 12.2 Å². The summed E-state index contributed by atoms with van der Waals surface area (Å²) in [5.74, 6) is -6.24. The number of hydrogen-bond donors (Lipinski definition) is 6. The van der Waals surface area contributed by atoms with Crippen molar-refractivity contribution >= 4 is 35.5 Å². The molecule has 1 spiro atoms. The van der Waals surface area contributed by atoms with Crippen LogP contribution < -0.4 is 18.9 Å². The number of methoxy groups -OCH3 is 1. The summed E-state index contributed by atoms with van der Waals surface area (Å²) in [6.07, 6.45) is 2.83. The molecule has 7 unspecified atom stereocenters. The zero-order valence-corrected chi connectivity index (χ0v) is 42.0. The molecule has 3 aliphatic carbocycles. The fourth-order valence-electron chi connectivity index (χ4n) is 11.2. The summed E-state index contributed by atoms with van der Waals surface area (Å²) in [7, 11) is 1.23. The van der Waals surface area contributed by atoms with E-state index >= 15 is 4.79 Å². The van der Waals surface area contributed by atoms with E-state index in [4.69, 9.17) is 33.2 Å². The smallest absolute Gasteiger partial charge is 0.343 e. The lowest BCUT2D eigenvalue weighted by molar-refractivity contribution is -0.277. The van der Waals surface area contributed by atoms with Crippen LogP contribution >= 0.6 is 0 Å². The van der Waals surface area contributed by atoms with Gasteiger partial charge in [-0.3, -0.25) is 10.2 Å². The van der Waals surface area contributed by atoms with Crippen LogP contribution in [0.1, 0.15) is 108 Å². The third-order valence-corrected chi connectivity index (χ3v) is 15.0. The summed E-state index contributed by atoms with van der Waals surface area (Å²) in [5.41, 5.74) is -1.75. The second-order valence-electron chi connectivity index (χ2n) is 20.7. The Morgan fingerprint density at radius 3 is 2.31 bits per heavy atom. The van der Waals surface area contributed by atoms with Crippen molar-refractivity contribution in [3.8, 4) is 29.1 Å². The Hall–Kier alpha value is -6.13. The Balaban J connectivity index is 1.35. The van der Waals surface area contributed by atoms with Crippen molar-refractivity contribution in [2.45, 2.75) is 135 Å². The Kier molecular flexibility index (Phi) is 14.3. The third-order valence-electron chi connectivity index (χ3n) is 15.0. The van der Waals surface area contributed by atoms with Crippen molar-refractivity contribution in [1.29, 1.82) is 10.7 Å². The van der Waals surface area contributed by atoms with Crippen molar-refractivity contribution in [2.75, 3.05) is 13.7 Å². The van der Waals surface area contributed by atoms with Crippen molar-refractivity contribution in [1.82, 2.24) is 0 Å². The van der Waals surface area contributed by atoms with Gasteiger partial charge in [0.05, 0.1) is 30.9 Å². The third kappa shape index (κ3) is 8.65. The predicted molar refractivity (Wildman–Crippen MR) is 261 cm³/mol. The molecule has 0 radical (unpaired) electrons. The zero-order valence-electron chi connectivity index (χ0n) is 42.0. The monoisotopic (exact) mass is 992 g/mol. The molecule has 7 aliphatic rings. The number of ketones is 1.